The number of amidine groups is 1. The van der Waals surface area contributed by atoms with Crippen LogP contribution in [-0.2, 0) is 14.1 Å². The highest BCUT2D eigenvalue weighted by molar-refractivity contribution is 8.18. The van der Waals surface area contributed by atoms with Crippen molar-refractivity contribution in [2.75, 3.05) is 7.11 Å². The van der Waals surface area contributed by atoms with Gasteiger partial charge < -0.3 is 10.1 Å². The van der Waals surface area contributed by atoms with Gasteiger partial charge in [0.15, 0.2) is 0 Å². The lowest BCUT2D eigenvalue weighted by Gasteiger charge is -2.02. The Morgan fingerprint density at radius 3 is 2.46 bits per heavy atom. The number of rotatable bonds is 3. The molecule has 0 radical (unpaired) electrons. The maximum absolute atomic E-state index is 12.1. The number of hydrogen-bond donors (Lipinski definition) is 1. The van der Waals surface area contributed by atoms with Crippen molar-refractivity contribution in [2.24, 2.45) is 19.1 Å². The van der Waals surface area contributed by atoms with E-state index in [0.29, 0.717) is 11.5 Å². The van der Waals surface area contributed by atoms with E-state index in [0.717, 1.165) is 39.0 Å². The van der Waals surface area contributed by atoms with E-state index in [1.54, 1.807) is 30.3 Å². The third kappa shape index (κ3) is 3.22. The van der Waals surface area contributed by atoms with Crippen molar-refractivity contribution in [1.82, 2.24) is 14.5 Å². The maximum atomic E-state index is 12.1. The average Bonchev–Trinajstić information content (AvgIpc) is 3.14. The molecule has 2 aromatic carbocycles. The average molecular weight is 394 g/mol. The minimum Gasteiger partial charge on any atom is -0.497 e. The number of ether oxygens (including phenoxy) is 1. The zero-order valence-electron chi connectivity index (χ0n) is 15.6. The fourth-order valence-corrected chi connectivity index (χ4v) is 3.80. The number of fused-ring (bicyclic) bond motifs is 1. The molecule has 1 N–H and O–H groups in total. The van der Waals surface area contributed by atoms with E-state index in [1.807, 2.05) is 48.5 Å². The van der Waals surface area contributed by atoms with Crippen LogP contribution in [0, 0.1) is 0 Å². The summed E-state index contributed by atoms with van der Waals surface area (Å²) in [4.78, 5) is 29.3. The summed E-state index contributed by atoms with van der Waals surface area (Å²) >= 11 is 1.10. The van der Waals surface area contributed by atoms with Crippen molar-refractivity contribution in [2.45, 2.75) is 0 Å². The van der Waals surface area contributed by atoms with E-state index in [2.05, 4.69) is 10.3 Å². The highest BCUT2D eigenvalue weighted by Crippen LogP contribution is 2.29. The van der Waals surface area contributed by atoms with E-state index >= 15 is 0 Å². The number of thioether (sulfide) groups is 1. The summed E-state index contributed by atoms with van der Waals surface area (Å²) in [5.41, 5.74) is 3.21. The first-order valence-electron chi connectivity index (χ1n) is 8.55. The Bertz CT molecular complexity index is 1200. The van der Waals surface area contributed by atoms with Gasteiger partial charge in [0, 0.05) is 14.1 Å². The summed E-state index contributed by atoms with van der Waals surface area (Å²) in [6.07, 6.45) is 1.89. The van der Waals surface area contributed by atoms with Gasteiger partial charge in [0.25, 0.3) is 5.24 Å². The van der Waals surface area contributed by atoms with Crippen molar-refractivity contribution >= 4 is 45.6 Å². The van der Waals surface area contributed by atoms with Crippen molar-refractivity contribution < 1.29 is 9.53 Å². The van der Waals surface area contributed by atoms with Crippen molar-refractivity contribution in [3.8, 4) is 5.75 Å². The second-order valence-corrected chi connectivity index (χ2v) is 7.35. The number of benzene rings is 2. The summed E-state index contributed by atoms with van der Waals surface area (Å²) in [6.45, 7) is 0. The fraction of sp³-hybridized carbons (Fsp3) is 0.150. The number of aromatic nitrogens is 2. The van der Waals surface area contributed by atoms with Crippen LogP contribution in [0.1, 0.15) is 5.56 Å². The van der Waals surface area contributed by atoms with Gasteiger partial charge in [-0.1, -0.05) is 6.07 Å². The molecule has 7 nitrogen and oxygen atoms in total. The maximum Gasteiger partial charge on any atom is 0.328 e. The highest BCUT2D eigenvalue weighted by atomic mass is 32.2. The van der Waals surface area contributed by atoms with Gasteiger partial charge in [-0.15, -0.1) is 0 Å². The molecule has 142 valence electrons. The Balaban J connectivity index is 1.73. The molecule has 1 amide bonds. The molecule has 0 atom stereocenters. The molecule has 28 heavy (non-hydrogen) atoms. The number of amides is 1. The minimum absolute atomic E-state index is 0.0753. The number of carbonyl (C=O) groups is 1. The molecular formula is C20H18N4O3S. The molecule has 0 saturated carbocycles. The first-order chi connectivity index (χ1) is 13.5. The quantitative estimate of drug-likeness (QED) is 0.738. The van der Waals surface area contributed by atoms with Crippen LogP contribution < -0.4 is 15.7 Å². The van der Waals surface area contributed by atoms with Gasteiger partial charge in [-0.25, -0.2) is 9.79 Å². The minimum atomic E-state index is -0.174. The molecule has 0 bridgehead atoms. The molecule has 1 fully saturated rings. The van der Waals surface area contributed by atoms with E-state index < -0.39 is 0 Å². The number of nitrogens with zero attached hydrogens (tertiary/aromatic N) is 3. The molecule has 1 aliphatic rings. The van der Waals surface area contributed by atoms with Crippen LogP contribution in [0.4, 0.5) is 10.5 Å². The number of methoxy groups -OCH3 is 1. The number of imidazole rings is 1. The summed E-state index contributed by atoms with van der Waals surface area (Å²) in [6, 6.07) is 13.0. The Labute approximate surface area is 165 Å². The number of carbonyl (C=O) groups excluding carboxylic acids is 1. The number of aryl methyl sites for hydroxylation is 2. The van der Waals surface area contributed by atoms with Gasteiger partial charge in [0.05, 0.1) is 28.7 Å². The number of aliphatic imine (C=N–C) groups is 1. The van der Waals surface area contributed by atoms with Gasteiger partial charge in [-0.05, 0) is 59.8 Å². The van der Waals surface area contributed by atoms with Crippen LogP contribution in [0.25, 0.3) is 17.1 Å². The standard InChI is InChI=1S/C20H18N4O3S/c1-23-15-9-4-12(10-16(15)24(2)20(23)26)11-17-18(22-19(25)28-17)21-13-5-7-14(27-3)8-6-13/h4-11H,1-3H3,(H,21,22,25)/b17-11+. The zero-order valence-corrected chi connectivity index (χ0v) is 16.4. The largest absolute Gasteiger partial charge is 0.497 e. The molecule has 8 heteroatoms. The van der Waals surface area contributed by atoms with Crippen LogP contribution in [0.3, 0.4) is 0 Å². The van der Waals surface area contributed by atoms with Crippen molar-refractivity contribution in [1.29, 1.82) is 0 Å². The topological polar surface area (TPSA) is 77.6 Å². The fourth-order valence-electron chi connectivity index (χ4n) is 3.06. The first-order valence-corrected chi connectivity index (χ1v) is 9.37. The summed E-state index contributed by atoms with van der Waals surface area (Å²) in [5.74, 6) is 1.24. The molecule has 1 aliphatic heterocycles. The SMILES string of the molecule is COc1ccc(N=C2NC(=O)S/C2=C/c2ccc3c(c2)n(C)c(=O)n3C)cc1. The van der Waals surface area contributed by atoms with E-state index in [9.17, 15) is 9.59 Å². The van der Waals surface area contributed by atoms with E-state index in [-0.39, 0.29) is 10.9 Å². The number of nitrogens with one attached hydrogen (secondary N) is 1. The van der Waals surface area contributed by atoms with Gasteiger partial charge in [-0.3, -0.25) is 13.9 Å². The molecule has 1 aromatic heterocycles. The van der Waals surface area contributed by atoms with Gasteiger partial charge in [0.1, 0.15) is 11.6 Å². The summed E-state index contributed by atoms with van der Waals surface area (Å²) in [7, 11) is 5.10. The lowest BCUT2D eigenvalue weighted by atomic mass is 10.2. The zero-order chi connectivity index (χ0) is 19.8. The summed E-state index contributed by atoms with van der Waals surface area (Å²) in [5, 5.41) is 2.60. The van der Waals surface area contributed by atoms with Crippen LogP contribution in [-0.4, -0.2) is 27.3 Å². The predicted octanol–water partition coefficient (Wildman–Crippen LogP) is 3.41. The lowest BCUT2D eigenvalue weighted by molar-refractivity contribution is 0.265. The molecule has 0 spiro atoms. The number of hydrogen-bond acceptors (Lipinski definition) is 5. The third-order valence-corrected chi connectivity index (χ3v) is 5.38. The summed E-state index contributed by atoms with van der Waals surface area (Å²) < 4.78 is 8.37. The molecule has 1 saturated heterocycles. The molecule has 4 rings (SSSR count). The Kier molecular flexibility index (Phi) is 4.56. The molecule has 0 unspecified atom stereocenters. The highest BCUT2D eigenvalue weighted by Gasteiger charge is 2.23. The predicted molar refractivity (Wildman–Crippen MR) is 112 cm³/mol. The first kappa shape index (κ1) is 18.1. The van der Waals surface area contributed by atoms with Crippen LogP contribution in [0.2, 0.25) is 0 Å². The van der Waals surface area contributed by atoms with Gasteiger partial charge >= 0.3 is 5.69 Å². The van der Waals surface area contributed by atoms with Crippen molar-refractivity contribution in [3.63, 3.8) is 0 Å². The lowest BCUT2D eigenvalue weighted by Crippen LogP contribution is -2.19. The van der Waals surface area contributed by atoms with Crippen LogP contribution in [0.5, 0.6) is 5.75 Å². The molecule has 2 heterocycles. The second kappa shape index (κ2) is 7.05. The molecular weight excluding hydrogens is 376 g/mol. The van der Waals surface area contributed by atoms with Crippen LogP contribution >= 0.6 is 11.8 Å². The van der Waals surface area contributed by atoms with Gasteiger partial charge in [0.2, 0.25) is 0 Å². The monoisotopic (exact) mass is 394 g/mol. The van der Waals surface area contributed by atoms with E-state index in [4.69, 9.17) is 4.74 Å². The van der Waals surface area contributed by atoms with E-state index in [1.165, 1.54) is 0 Å². The van der Waals surface area contributed by atoms with Crippen LogP contribution in [0.15, 0.2) is 57.2 Å². The Morgan fingerprint density at radius 2 is 1.75 bits per heavy atom. The Hall–Kier alpha value is -3.26. The van der Waals surface area contributed by atoms with Crippen molar-refractivity contribution in [3.05, 3.63) is 63.4 Å². The Morgan fingerprint density at radius 1 is 1.04 bits per heavy atom. The third-order valence-electron chi connectivity index (χ3n) is 4.56. The molecule has 3 aromatic rings. The smallest absolute Gasteiger partial charge is 0.328 e. The van der Waals surface area contributed by atoms with Gasteiger partial charge in [-0.2, -0.15) is 0 Å². The second-order valence-electron chi connectivity index (χ2n) is 6.33. The normalized spacial score (nSPS) is 16.9. The molecule has 0 aliphatic carbocycles.